The average molecular weight is 313 g/mol. The summed E-state index contributed by atoms with van der Waals surface area (Å²) in [5.41, 5.74) is 0.365. The molecule has 1 aromatic carbocycles. The number of benzene rings is 1. The lowest BCUT2D eigenvalue weighted by atomic mass is 10.2. The lowest BCUT2D eigenvalue weighted by Crippen LogP contribution is -2.27. The van der Waals surface area contributed by atoms with Crippen LogP contribution >= 0.6 is 0 Å². The van der Waals surface area contributed by atoms with Crippen LogP contribution in [0.2, 0.25) is 0 Å². The number of nitrogens with one attached hydrogen (secondary N) is 1. The molecule has 0 saturated carbocycles. The van der Waals surface area contributed by atoms with Gasteiger partial charge in [0.2, 0.25) is 10.0 Å². The Kier molecular flexibility index (Phi) is 5.92. The smallest absolute Gasteiger partial charge is 0.306 e. The fraction of sp³-hybridized carbons (Fsp3) is 0.533. The van der Waals surface area contributed by atoms with Crippen molar-refractivity contribution in [3.8, 4) is 0 Å². The number of carbonyl (C=O) groups is 1. The number of ether oxygens (including phenoxy) is 1. The molecule has 0 unspecified atom stereocenters. The first kappa shape index (κ1) is 17.7. The first-order chi connectivity index (χ1) is 9.60. The van der Waals surface area contributed by atoms with Gasteiger partial charge in [0.1, 0.15) is 5.60 Å². The van der Waals surface area contributed by atoms with Crippen molar-refractivity contribution in [2.45, 2.75) is 51.0 Å². The van der Waals surface area contributed by atoms with Crippen molar-refractivity contribution in [1.82, 2.24) is 4.72 Å². The molecule has 1 rings (SSSR count). The van der Waals surface area contributed by atoms with E-state index in [-0.39, 0.29) is 23.8 Å². The number of hydrogen-bond acceptors (Lipinski definition) is 4. The second-order valence-electron chi connectivity index (χ2n) is 5.90. The molecule has 0 atom stereocenters. The second kappa shape index (κ2) is 7.04. The van der Waals surface area contributed by atoms with Gasteiger partial charge in [-0.2, -0.15) is 0 Å². The van der Waals surface area contributed by atoms with Crippen molar-refractivity contribution in [1.29, 1.82) is 0 Å². The normalized spacial score (nSPS) is 12.2. The van der Waals surface area contributed by atoms with Crippen LogP contribution in [0.4, 0.5) is 0 Å². The molecule has 0 bridgehead atoms. The molecule has 5 nitrogen and oxygen atoms in total. The highest BCUT2D eigenvalue weighted by Crippen LogP contribution is 2.11. The van der Waals surface area contributed by atoms with E-state index >= 15 is 0 Å². The zero-order valence-electron chi connectivity index (χ0n) is 13.0. The molecule has 0 amide bonds. The molecule has 1 aromatic rings. The second-order valence-corrected chi connectivity index (χ2v) is 7.67. The SMILES string of the molecule is Cc1cccc(S(=O)(=O)NCCCC(=O)OC(C)(C)C)c1. The van der Waals surface area contributed by atoms with Gasteiger partial charge in [-0.15, -0.1) is 0 Å². The molecule has 0 radical (unpaired) electrons. The largest absolute Gasteiger partial charge is 0.460 e. The Morgan fingerprint density at radius 1 is 1.29 bits per heavy atom. The van der Waals surface area contributed by atoms with Crippen LogP contribution in [0.3, 0.4) is 0 Å². The van der Waals surface area contributed by atoms with Crippen LogP contribution in [0.25, 0.3) is 0 Å². The van der Waals surface area contributed by atoms with Crippen LogP contribution in [-0.4, -0.2) is 26.5 Å². The molecule has 0 aliphatic heterocycles. The number of carbonyl (C=O) groups excluding carboxylic acids is 1. The molecule has 0 spiro atoms. The number of sulfonamides is 1. The topological polar surface area (TPSA) is 72.5 Å². The fourth-order valence-corrected chi connectivity index (χ4v) is 2.88. The summed E-state index contributed by atoms with van der Waals surface area (Å²) in [6.45, 7) is 7.43. The van der Waals surface area contributed by atoms with E-state index in [0.717, 1.165) is 5.56 Å². The van der Waals surface area contributed by atoms with Crippen LogP contribution in [0.15, 0.2) is 29.2 Å². The fourth-order valence-electron chi connectivity index (χ4n) is 1.70. The van der Waals surface area contributed by atoms with Gasteiger partial charge < -0.3 is 4.74 Å². The summed E-state index contributed by atoms with van der Waals surface area (Å²) in [6, 6.07) is 6.69. The highest BCUT2D eigenvalue weighted by Gasteiger charge is 2.17. The van der Waals surface area contributed by atoms with Gasteiger partial charge in [0.05, 0.1) is 4.90 Å². The lowest BCUT2D eigenvalue weighted by molar-refractivity contribution is -0.154. The van der Waals surface area contributed by atoms with E-state index in [1.807, 2.05) is 13.0 Å². The van der Waals surface area contributed by atoms with Crippen molar-refractivity contribution >= 4 is 16.0 Å². The van der Waals surface area contributed by atoms with E-state index in [0.29, 0.717) is 6.42 Å². The van der Waals surface area contributed by atoms with Crippen LogP contribution in [-0.2, 0) is 19.6 Å². The summed E-state index contributed by atoms with van der Waals surface area (Å²) >= 11 is 0. The van der Waals surface area contributed by atoms with E-state index in [9.17, 15) is 13.2 Å². The van der Waals surface area contributed by atoms with Crippen molar-refractivity contribution < 1.29 is 17.9 Å². The van der Waals surface area contributed by atoms with E-state index in [1.165, 1.54) is 0 Å². The Bertz CT molecular complexity index is 588. The molecule has 0 saturated heterocycles. The maximum absolute atomic E-state index is 12.0. The van der Waals surface area contributed by atoms with Gasteiger partial charge in [-0.05, 0) is 51.8 Å². The van der Waals surface area contributed by atoms with Crippen molar-refractivity contribution in [2.75, 3.05) is 6.54 Å². The standard InChI is InChI=1S/C15H23NO4S/c1-12-7-5-8-13(11-12)21(18,19)16-10-6-9-14(17)20-15(2,3)4/h5,7-8,11,16H,6,9-10H2,1-4H3. The number of hydrogen-bond donors (Lipinski definition) is 1. The lowest BCUT2D eigenvalue weighted by Gasteiger charge is -2.19. The molecule has 0 aliphatic rings. The highest BCUT2D eigenvalue weighted by atomic mass is 32.2. The third-order valence-corrected chi connectivity index (χ3v) is 4.03. The molecule has 0 aromatic heterocycles. The maximum Gasteiger partial charge on any atom is 0.306 e. The Morgan fingerprint density at radius 3 is 2.52 bits per heavy atom. The quantitative estimate of drug-likeness (QED) is 0.646. The predicted octanol–water partition coefficient (Wildman–Crippen LogP) is 2.40. The maximum atomic E-state index is 12.0. The minimum absolute atomic E-state index is 0.188. The Labute approximate surface area is 126 Å². The van der Waals surface area contributed by atoms with Gasteiger partial charge in [-0.3, -0.25) is 4.79 Å². The minimum atomic E-state index is -3.52. The molecular formula is C15H23NO4S. The Morgan fingerprint density at radius 2 is 1.95 bits per heavy atom. The zero-order valence-corrected chi connectivity index (χ0v) is 13.8. The number of rotatable bonds is 6. The van der Waals surface area contributed by atoms with Crippen LogP contribution in [0.1, 0.15) is 39.2 Å². The molecule has 21 heavy (non-hydrogen) atoms. The number of aryl methyl sites for hydroxylation is 1. The zero-order chi connectivity index (χ0) is 16.1. The van der Waals surface area contributed by atoms with Crippen LogP contribution in [0.5, 0.6) is 0 Å². The Hall–Kier alpha value is -1.40. The summed E-state index contributed by atoms with van der Waals surface area (Å²) in [6.07, 6.45) is 0.591. The van der Waals surface area contributed by atoms with Crippen LogP contribution in [0, 0.1) is 6.92 Å². The summed E-state index contributed by atoms with van der Waals surface area (Å²) in [7, 11) is -3.52. The number of esters is 1. The highest BCUT2D eigenvalue weighted by molar-refractivity contribution is 7.89. The molecule has 0 fully saturated rings. The van der Waals surface area contributed by atoms with Crippen molar-refractivity contribution in [3.63, 3.8) is 0 Å². The van der Waals surface area contributed by atoms with E-state index in [4.69, 9.17) is 4.74 Å². The summed E-state index contributed by atoms with van der Waals surface area (Å²) < 4.78 is 31.7. The van der Waals surface area contributed by atoms with Gasteiger partial charge in [-0.25, -0.2) is 13.1 Å². The van der Waals surface area contributed by atoms with Gasteiger partial charge in [0.15, 0.2) is 0 Å². The molecule has 0 heterocycles. The summed E-state index contributed by atoms with van der Waals surface area (Å²) in [5, 5.41) is 0. The van der Waals surface area contributed by atoms with E-state index < -0.39 is 15.6 Å². The molecule has 6 heteroatoms. The van der Waals surface area contributed by atoms with E-state index in [1.54, 1.807) is 39.0 Å². The minimum Gasteiger partial charge on any atom is -0.460 e. The molecule has 0 aliphatic carbocycles. The van der Waals surface area contributed by atoms with Crippen LogP contribution < -0.4 is 4.72 Å². The van der Waals surface area contributed by atoms with Gasteiger partial charge in [0, 0.05) is 13.0 Å². The molecule has 118 valence electrons. The molecule has 1 N–H and O–H groups in total. The average Bonchev–Trinajstić information content (AvgIpc) is 2.32. The van der Waals surface area contributed by atoms with Gasteiger partial charge in [-0.1, -0.05) is 12.1 Å². The summed E-state index contributed by atoms with van der Waals surface area (Å²) in [5.74, 6) is -0.322. The van der Waals surface area contributed by atoms with Crippen molar-refractivity contribution in [2.24, 2.45) is 0 Å². The first-order valence-electron chi connectivity index (χ1n) is 6.88. The summed E-state index contributed by atoms with van der Waals surface area (Å²) in [4.78, 5) is 11.7. The third-order valence-electron chi connectivity index (χ3n) is 2.57. The Balaban J connectivity index is 2.44. The first-order valence-corrected chi connectivity index (χ1v) is 8.37. The third kappa shape index (κ3) is 6.73. The van der Waals surface area contributed by atoms with E-state index in [2.05, 4.69) is 4.72 Å². The van der Waals surface area contributed by atoms with Crippen molar-refractivity contribution in [3.05, 3.63) is 29.8 Å². The monoisotopic (exact) mass is 313 g/mol. The van der Waals surface area contributed by atoms with Gasteiger partial charge >= 0.3 is 5.97 Å². The van der Waals surface area contributed by atoms with Gasteiger partial charge in [0.25, 0.3) is 0 Å². The molecular weight excluding hydrogens is 290 g/mol. The predicted molar refractivity (Wildman–Crippen MR) is 81.4 cm³/mol.